The van der Waals surface area contributed by atoms with Crippen molar-refractivity contribution in [2.75, 3.05) is 13.6 Å². The van der Waals surface area contributed by atoms with Gasteiger partial charge in [-0.2, -0.15) is 0 Å². The van der Waals surface area contributed by atoms with Gasteiger partial charge in [0.1, 0.15) is 5.01 Å². The van der Waals surface area contributed by atoms with Gasteiger partial charge < -0.3 is 5.11 Å². The summed E-state index contributed by atoms with van der Waals surface area (Å²) in [6.07, 6.45) is 1.91. The first-order valence-electron chi connectivity index (χ1n) is 5.84. The third kappa shape index (κ3) is 2.81. The number of aryl methyl sites for hydroxylation is 2. The van der Waals surface area contributed by atoms with Gasteiger partial charge in [-0.3, -0.25) is 4.90 Å². The van der Waals surface area contributed by atoms with E-state index >= 15 is 0 Å². The van der Waals surface area contributed by atoms with E-state index in [1.54, 1.807) is 11.3 Å². The Balaban J connectivity index is 1.80. The Labute approximate surface area is 101 Å². The Morgan fingerprint density at radius 2 is 2.12 bits per heavy atom. The molecule has 0 bridgehead atoms. The SMILES string of the molecule is Cc1nc(CN(C)CC2CC(O)C2)sc1C. The van der Waals surface area contributed by atoms with Gasteiger partial charge in [0.05, 0.1) is 18.3 Å². The van der Waals surface area contributed by atoms with Crippen molar-refractivity contribution in [1.82, 2.24) is 9.88 Å². The molecule has 0 saturated heterocycles. The number of aromatic nitrogens is 1. The van der Waals surface area contributed by atoms with Crippen molar-refractivity contribution in [3.63, 3.8) is 0 Å². The van der Waals surface area contributed by atoms with E-state index in [1.165, 1.54) is 9.88 Å². The molecule has 0 radical (unpaired) electrons. The number of hydrogen-bond acceptors (Lipinski definition) is 4. The van der Waals surface area contributed by atoms with Gasteiger partial charge in [-0.15, -0.1) is 11.3 Å². The van der Waals surface area contributed by atoms with Crippen LogP contribution < -0.4 is 0 Å². The minimum atomic E-state index is -0.0391. The van der Waals surface area contributed by atoms with Crippen molar-refractivity contribution < 1.29 is 5.11 Å². The molecular formula is C12H20N2OS. The Morgan fingerprint density at radius 1 is 1.44 bits per heavy atom. The van der Waals surface area contributed by atoms with E-state index in [2.05, 4.69) is 30.8 Å². The number of rotatable bonds is 4. The van der Waals surface area contributed by atoms with Gasteiger partial charge in [0.15, 0.2) is 0 Å². The van der Waals surface area contributed by atoms with Crippen molar-refractivity contribution in [3.8, 4) is 0 Å². The van der Waals surface area contributed by atoms with Crippen LogP contribution in [0.5, 0.6) is 0 Å². The topological polar surface area (TPSA) is 36.4 Å². The largest absolute Gasteiger partial charge is 0.393 e. The molecule has 0 aliphatic heterocycles. The molecule has 90 valence electrons. The number of aliphatic hydroxyl groups is 1. The minimum absolute atomic E-state index is 0.0391. The van der Waals surface area contributed by atoms with E-state index < -0.39 is 0 Å². The lowest BCUT2D eigenvalue weighted by atomic mass is 9.82. The normalized spacial score (nSPS) is 24.8. The van der Waals surface area contributed by atoms with Gasteiger partial charge in [0.25, 0.3) is 0 Å². The first-order chi connectivity index (χ1) is 7.54. The van der Waals surface area contributed by atoms with Gasteiger partial charge >= 0.3 is 0 Å². The van der Waals surface area contributed by atoms with Crippen LogP contribution in [0.15, 0.2) is 0 Å². The fraction of sp³-hybridized carbons (Fsp3) is 0.750. The summed E-state index contributed by atoms with van der Waals surface area (Å²) in [4.78, 5) is 8.18. The Hall–Kier alpha value is -0.450. The highest BCUT2D eigenvalue weighted by molar-refractivity contribution is 7.11. The molecule has 1 aliphatic rings. The summed E-state index contributed by atoms with van der Waals surface area (Å²) < 4.78 is 0. The Kier molecular flexibility index (Phi) is 3.62. The molecule has 0 amide bonds. The third-order valence-electron chi connectivity index (χ3n) is 3.26. The molecule has 16 heavy (non-hydrogen) atoms. The van der Waals surface area contributed by atoms with Crippen molar-refractivity contribution in [2.24, 2.45) is 5.92 Å². The maximum absolute atomic E-state index is 9.23. The molecule has 3 nitrogen and oxygen atoms in total. The number of nitrogens with zero attached hydrogens (tertiary/aromatic N) is 2. The summed E-state index contributed by atoms with van der Waals surface area (Å²) in [5, 5.41) is 10.4. The molecule has 0 spiro atoms. The summed E-state index contributed by atoms with van der Waals surface area (Å²) in [5.41, 5.74) is 1.16. The predicted molar refractivity (Wildman–Crippen MR) is 66.7 cm³/mol. The Bertz CT molecular complexity index is 338. The predicted octanol–water partition coefficient (Wildman–Crippen LogP) is 1.96. The van der Waals surface area contributed by atoms with E-state index in [0.717, 1.165) is 31.6 Å². The third-order valence-corrected chi connectivity index (χ3v) is 4.32. The van der Waals surface area contributed by atoms with Crippen molar-refractivity contribution in [2.45, 2.75) is 39.3 Å². The number of aliphatic hydroxyl groups excluding tert-OH is 1. The zero-order chi connectivity index (χ0) is 11.7. The van der Waals surface area contributed by atoms with E-state index in [-0.39, 0.29) is 6.10 Å². The highest BCUT2D eigenvalue weighted by Gasteiger charge is 2.27. The molecule has 1 aliphatic carbocycles. The van der Waals surface area contributed by atoms with E-state index in [1.807, 2.05) is 0 Å². The smallest absolute Gasteiger partial charge is 0.107 e. The summed E-state index contributed by atoms with van der Waals surface area (Å²) in [6.45, 7) is 6.21. The molecule has 0 unspecified atom stereocenters. The molecule has 1 fully saturated rings. The first kappa shape index (κ1) is 12.0. The molecule has 2 rings (SSSR count). The van der Waals surface area contributed by atoms with Crippen LogP contribution >= 0.6 is 11.3 Å². The van der Waals surface area contributed by atoms with Gasteiger partial charge in [-0.25, -0.2) is 4.98 Å². The maximum atomic E-state index is 9.23. The molecule has 4 heteroatoms. The van der Waals surface area contributed by atoms with Crippen molar-refractivity contribution in [3.05, 3.63) is 15.6 Å². The molecule has 1 heterocycles. The monoisotopic (exact) mass is 240 g/mol. The minimum Gasteiger partial charge on any atom is -0.393 e. The molecule has 1 N–H and O–H groups in total. The second-order valence-electron chi connectivity index (χ2n) is 4.94. The maximum Gasteiger partial charge on any atom is 0.107 e. The summed E-state index contributed by atoms with van der Waals surface area (Å²) in [5.74, 6) is 0.683. The highest BCUT2D eigenvalue weighted by Crippen LogP contribution is 2.28. The van der Waals surface area contributed by atoms with Gasteiger partial charge in [0.2, 0.25) is 0 Å². The molecule has 1 aromatic heterocycles. The zero-order valence-corrected chi connectivity index (χ0v) is 11.0. The van der Waals surface area contributed by atoms with Crippen LogP contribution in [-0.2, 0) is 6.54 Å². The lowest BCUT2D eigenvalue weighted by Crippen LogP contribution is -2.36. The molecule has 1 aromatic rings. The number of thiazole rings is 1. The second-order valence-corrected chi connectivity index (χ2v) is 6.22. The lowest BCUT2D eigenvalue weighted by molar-refractivity contribution is 0.0274. The molecule has 0 aromatic carbocycles. The first-order valence-corrected chi connectivity index (χ1v) is 6.65. The zero-order valence-electron chi connectivity index (χ0n) is 10.2. The molecule has 0 atom stereocenters. The van der Waals surface area contributed by atoms with E-state index in [0.29, 0.717) is 5.92 Å². The lowest BCUT2D eigenvalue weighted by Gasteiger charge is -2.34. The Morgan fingerprint density at radius 3 is 2.62 bits per heavy atom. The van der Waals surface area contributed by atoms with Crippen LogP contribution in [0, 0.1) is 19.8 Å². The highest BCUT2D eigenvalue weighted by atomic mass is 32.1. The fourth-order valence-corrected chi connectivity index (χ4v) is 3.21. The van der Waals surface area contributed by atoms with Gasteiger partial charge in [0, 0.05) is 11.4 Å². The quantitative estimate of drug-likeness (QED) is 0.874. The summed E-state index contributed by atoms with van der Waals surface area (Å²) in [6, 6.07) is 0. The van der Waals surface area contributed by atoms with Gasteiger partial charge in [-0.05, 0) is 39.7 Å². The van der Waals surface area contributed by atoms with Crippen LogP contribution in [0.3, 0.4) is 0 Å². The summed E-state index contributed by atoms with van der Waals surface area (Å²) >= 11 is 1.79. The van der Waals surface area contributed by atoms with Crippen LogP contribution in [-0.4, -0.2) is 34.7 Å². The van der Waals surface area contributed by atoms with Gasteiger partial charge in [-0.1, -0.05) is 0 Å². The van der Waals surface area contributed by atoms with Crippen LogP contribution in [0.4, 0.5) is 0 Å². The fourth-order valence-electron chi connectivity index (χ4n) is 2.19. The molecule has 1 saturated carbocycles. The van der Waals surface area contributed by atoms with Crippen molar-refractivity contribution >= 4 is 11.3 Å². The van der Waals surface area contributed by atoms with E-state index in [4.69, 9.17) is 0 Å². The number of hydrogen-bond donors (Lipinski definition) is 1. The van der Waals surface area contributed by atoms with Crippen LogP contribution in [0.25, 0.3) is 0 Å². The van der Waals surface area contributed by atoms with Crippen LogP contribution in [0.1, 0.15) is 28.4 Å². The van der Waals surface area contributed by atoms with Crippen LogP contribution in [0.2, 0.25) is 0 Å². The average Bonchev–Trinajstić information content (AvgIpc) is 2.43. The average molecular weight is 240 g/mol. The van der Waals surface area contributed by atoms with E-state index in [9.17, 15) is 5.11 Å². The molecular weight excluding hydrogens is 220 g/mol. The van der Waals surface area contributed by atoms with Crippen molar-refractivity contribution in [1.29, 1.82) is 0 Å². The second kappa shape index (κ2) is 4.82. The summed E-state index contributed by atoms with van der Waals surface area (Å²) in [7, 11) is 2.14. The standard InChI is InChI=1S/C12H20N2OS/c1-8-9(2)16-12(13-8)7-14(3)6-10-4-11(15)5-10/h10-11,15H,4-7H2,1-3H3.